The predicted molar refractivity (Wildman–Crippen MR) is 128 cm³/mol. The van der Waals surface area contributed by atoms with E-state index in [1.165, 1.54) is 11.1 Å². The van der Waals surface area contributed by atoms with Gasteiger partial charge in [0.2, 0.25) is 0 Å². The molecule has 0 heterocycles. The van der Waals surface area contributed by atoms with Crippen molar-refractivity contribution in [3.8, 4) is 11.5 Å². The van der Waals surface area contributed by atoms with Crippen molar-refractivity contribution >= 4 is 0 Å². The van der Waals surface area contributed by atoms with Gasteiger partial charge in [0.05, 0.1) is 14.2 Å². The third-order valence-corrected chi connectivity index (χ3v) is 5.10. The normalized spacial score (nSPS) is 11.1. The third kappa shape index (κ3) is 9.67. The first-order valence-electron chi connectivity index (χ1n) is 11.1. The molecule has 7 nitrogen and oxygen atoms in total. The molecule has 7 heteroatoms. The first-order valence-corrected chi connectivity index (χ1v) is 11.1. The third-order valence-electron chi connectivity index (χ3n) is 5.10. The van der Waals surface area contributed by atoms with Crippen molar-refractivity contribution in [2.75, 3.05) is 66.6 Å². The number of para-hydroxylation sites is 2. The molecule has 0 radical (unpaired) electrons. The van der Waals surface area contributed by atoms with E-state index in [9.17, 15) is 0 Å². The fourth-order valence-corrected chi connectivity index (χ4v) is 3.44. The number of methoxy groups -OCH3 is 2. The summed E-state index contributed by atoms with van der Waals surface area (Å²) in [6, 6.07) is 16.3. The van der Waals surface area contributed by atoms with Crippen molar-refractivity contribution in [1.82, 2.24) is 20.9 Å². The van der Waals surface area contributed by atoms with Crippen LogP contribution in [0.4, 0.5) is 0 Å². The molecule has 0 aromatic heterocycles. The lowest BCUT2D eigenvalue weighted by molar-refractivity contribution is 0.267. The summed E-state index contributed by atoms with van der Waals surface area (Å²) >= 11 is 0. The molecular weight excluding hydrogens is 390 g/mol. The summed E-state index contributed by atoms with van der Waals surface area (Å²) < 4.78 is 10.8. The largest absolute Gasteiger partial charge is 0.496 e. The number of ether oxygens (including phenoxy) is 2. The van der Waals surface area contributed by atoms with Crippen LogP contribution in [0.2, 0.25) is 0 Å². The maximum absolute atomic E-state index is 5.80. The van der Waals surface area contributed by atoms with E-state index in [1.807, 2.05) is 36.4 Å². The first kappa shape index (κ1) is 25.1. The van der Waals surface area contributed by atoms with Gasteiger partial charge < -0.3 is 31.2 Å². The van der Waals surface area contributed by atoms with Crippen LogP contribution in [0.1, 0.15) is 11.1 Å². The van der Waals surface area contributed by atoms with Crippen LogP contribution in [0, 0.1) is 0 Å². The Morgan fingerprint density at radius 1 is 0.710 bits per heavy atom. The summed E-state index contributed by atoms with van der Waals surface area (Å²) in [5.74, 6) is 1.86. The number of hydrogen-bond acceptors (Lipinski definition) is 7. The number of nitrogens with one attached hydrogen (secondary N) is 3. The zero-order chi connectivity index (χ0) is 22.2. The maximum atomic E-state index is 5.80. The van der Waals surface area contributed by atoms with Gasteiger partial charge >= 0.3 is 0 Å². The highest BCUT2D eigenvalue weighted by molar-refractivity contribution is 5.33. The minimum Gasteiger partial charge on any atom is -0.496 e. The molecule has 2 rings (SSSR count). The van der Waals surface area contributed by atoms with Gasteiger partial charge in [0, 0.05) is 76.6 Å². The molecular formula is C24H39N5O2. The van der Waals surface area contributed by atoms with E-state index in [0.717, 1.165) is 70.4 Å². The van der Waals surface area contributed by atoms with E-state index in [0.29, 0.717) is 6.54 Å². The second kappa shape index (κ2) is 15.6. The summed E-state index contributed by atoms with van der Waals surface area (Å²) in [4.78, 5) is 2.36. The summed E-state index contributed by atoms with van der Waals surface area (Å²) in [7, 11) is 3.43. The van der Waals surface area contributed by atoms with Crippen LogP contribution in [0.5, 0.6) is 11.5 Å². The summed E-state index contributed by atoms with van der Waals surface area (Å²) in [6.45, 7) is 8.81. The summed E-state index contributed by atoms with van der Waals surface area (Å²) in [5, 5.41) is 10.4. The van der Waals surface area contributed by atoms with E-state index in [4.69, 9.17) is 15.2 Å². The van der Waals surface area contributed by atoms with Gasteiger partial charge in [-0.25, -0.2) is 0 Å². The Labute approximate surface area is 187 Å². The summed E-state index contributed by atoms with van der Waals surface area (Å²) in [6.07, 6.45) is 0. The van der Waals surface area contributed by atoms with E-state index in [2.05, 4.69) is 33.0 Å². The van der Waals surface area contributed by atoms with Crippen LogP contribution in [0.15, 0.2) is 48.5 Å². The minimum atomic E-state index is 0.651. The second-order valence-electron chi connectivity index (χ2n) is 7.37. The molecule has 0 atom stereocenters. The Morgan fingerprint density at radius 3 is 1.90 bits per heavy atom. The van der Waals surface area contributed by atoms with Crippen LogP contribution in [0.3, 0.4) is 0 Å². The second-order valence-corrected chi connectivity index (χ2v) is 7.37. The van der Waals surface area contributed by atoms with E-state index in [-0.39, 0.29) is 0 Å². The van der Waals surface area contributed by atoms with E-state index in [1.54, 1.807) is 14.2 Å². The number of benzene rings is 2. The molecule has 0 saturated heterocycles. The predicted octanol–water partition coefficient (Wildman–Crippen LogP) is 1.43. The molecule has 0 aliphatic heterocycles. The molecule has 0 aliphatic carbocycles. The lowest BCUT2D eigenvalue weighted by atomic mass is 10.2. The smallest absolute Gasteiger partial charge is 0.123 e. The molecule has 0 unspecified atom stereocenters. The minimum absolute atomic E-state index is 0.651. The zero-order valence-corrected chi connectivity index (χ0v) is 19.0. The highest BCUT2D eigenvalue weighted by atomic mass is 16.5. The molecule has 2 aromatic rings. The van der Waals surface area contributed by atoms with Crippen LogP contribution in [-0.2, 0) is 13.1 Å². The topological polar surface area (TPSA) is 83.8 Å². The van der Waals surface area contributed by atoms with Crippen molar-refractivity contribution in [2.24, 2.45) is 5.73 Å². The van der Waals surface area contributed by atoms with Gasteiger partial charge in [0.25, 0.3) is 0 Å². The molecule has 0 aliphatic rings. The lowest BCUT2D eigenvalue weighted by Gasteiger charge is -2.23. The zero-order valence-electron chi connectivity index (χ0n) is 19.0. The van der Waals surface area contributed by atoms with Crippen LogP contribution in [0.25, 0.3) is 0 Å². The Kier molecular flexibility index (Phi) is 12.6. The summed E-state index contributed by atoms with van der Waals surface area (Å²) in [5.41, 5.74) is 8.18. The van der Waals surface area contributed by atoms with Crippen LogP contribution < -0.4 is 31.2 Å². The van der Waals surface area contributed by atoms with Crippen molar-refractivity contribution < 1.29 is 9.47 Å². The van der Waals surface area contributed by atoms with Gasteiger partial charge in [-0.15, -0.1) is 0 Å². The molecule has 0 saturated carbocycles. The van der Waals surface area contributed by atoms with Gasteiger partial charge in [-0.3, -0.25) is 4.90 Å². The molecule has 0 spiro atoms. The van der Waals surface area contributed by atoms with Crippen molar-refractivity contribution in [3.63, 3.8) is 0 Å². The Balaban J connectivity index is 1.53. The fraction of sp³-hybridized carbons (Fsp3) is 0.500. The van der Waals surface area contributed by atoms with Gasteiger partial charge in [-0.1, -0.05) is 36.4 Å². The van der Waals surface area contributed by atoms with Crippen LogP contribution >= 0.6 is 0 Å². The molecule has 5 N–H and O–H groups in total. The monoisotopic (exact) mass is 429 g/mol. The highest BCUT2D eigenvalue weighted by Crippen LogP contribution is 2.19. The average molecular weight is 430 g/mol. The maximum Gasteiger partial charge on any atom is 0.123 e. The Hall–Kier alpha value is -2.16. The highest BCUT2D eigenvalue weighted by Gasteiger charge is 2.08. The fourth-order valence-electron chi connectivity index (χ4n) is 3.44. The number of rotatable bonds is 17. The Bertz CT molecular complexity index is 729. The average Bonchev–Trinajstić information content (AvgIpc) is 2.81. The van der Waals surface area contributed by atoms with Crippen LogP contribution in [-0.4, -0.2) is 71.5 Å². The van der Waals surface area contributed by atoms with Gasteiger partial charge in [0.1, 0.15) is 11.5 Å². The lowest BCUT2D eigenvalue weighted by Crippen LogP contribution is -2.38. The SMILES string of the molecule is COc1ccccc1CNCCNCCNCCN(CCN)Cc1ccccc1OC. The Morgan fingerprint density at radius 2 is 1.26 bits per heavy atom. The van der Waals surface area contributed by atoms with Crippen molar-refractivity contribution in [3.05, 3.63) is 59.7 Å². The standard InChI is InChI=1S/C24H39N5O2/c1-30-23-9-5-3-7-21(23)19-28-15-14-26-12-13-27-16-18-29(17-11-25)20-22-8-4-6-10-24(22)31-2/h3-10,26-28H,11-20,25H2,1-2H3. The van der Waals surface area contributed by atoms with Gasteiger partial charge in [0.15, 0.2) is 0 Å². The first-order chi connectivity index (χ1) is 15.3. The number of nitrogens with zero attached hydrogens (tertiary/aromatic N) is 1. The quantitative estimate of drug-likeness (QED) is 0.283. The molecule has 0 amide bonds. The number of nitrogens with two attached hydrogens (primary N) is 1. The van der Waals surface area contributed by atoms with E-state index < -0.39 is 0 Å². The molecule has 0 bridgehead atoms. The molecule has 172 valence electrons. The van der Waals surface area contributed by atoms with Gasteiger partial charge in [-0.2, -0.15) is 0 Å². The van der Waals surface area contributed by atoms with Gasteiger partial charge in [-0.05, 0) is 12.1 Å². The van der Waals surface area contributed by atoms with Crippen molar-refractivity contribution in [2.45, 2.75) is 13.1 Å². The molecule has 0 fully saturated rings. The number of hydrogen-bond donors (Lipinski definition) is 4. The van der Waals surface area contributed by atoms with Crippen molar-refractivity contribution in [1.29, 1.82) is 0 Å². The molecule has 2 aromatic carbocycles. The molecule has 31 heavy (non-hydrogen) atoms. The van der Waals surface area contributed by atoms with E-state index >= 15 is 0 Å².